The third kappa shape index (κ3) is 3.12. The average Bonchev–Trinajstić information content (AvgIpc) is 2.03. The Kier molecular flexibility index (Phi) is 3.39. The second kappa shape index (κ2) is 4.34. The summed E-state index contributed by atoms with van der Waals surface area (Å²) in [6.45, 7) is 8.08. The molecule has 0 radical (unpaired) electrons. The molecule has 1 heteroatoms. The summed E-state index contributed by atoms with van der Waals surface area (Å²) in [4.78, 5) is 0. The highest BCUT2D eigenvalue weighted by atomic mass is 16.5. The zero-order valence-electron chi connectivity index (χ0n) is 8.10. The maximum atomic E-state index is 5.54. The molecule has 1 aliphatic rings. The van der Waals surface area contributed by atoms with Gasteiger partial charge in [0.1, 0.15) is 0 Å². The second-order valence-electron chi connectivity index (χ2n) is 3.76. The Bertz CT molecular complexity index is 191. The maximum Gasteiger partial charge on any atom is 0.0984 e. The SMILES string of the molecule is C=C(C)CC[C@H]1CCC(C)=CO1. The highest BCUT2D eigenvalue weighted by Crippen LogP contribution is 2.21. The highest BCUT2D eigenvalue weighted by molar-refractivity contribution is 4.98. The molecule has 68 valence electrons. The van der Waals surface area contributed by atoms with Crippen LogP contribution in [-0.4, -0.2) is 6.10 Å². The van der Waals surface area contributed by atoms with Gasteiger partial charge in [-0.1, -0.05) is 5.57 Å². The van der Waals surface area contributed by atoms with Crippen molar-refractivity contribution in [1.29, 1.82) is 0 Å². The summed E-state index contributed by atoms with van der Waals surface area (Å²) in [7, 11) is 0. The van der Waals surface area contributed by atoms with Gasteiger partial charge in [-0.05, 0) is 45.1 Å². The first-order valence-electron chi connectivity index (χ1n) is 4.64. The van der Waals surface area contributed by atoms with Gasteiger partial charge in [-0.25, -0.2) is 0 Å². The fraction of sp³-hybridized carbons (Fsp3) is 0.636. The first-order chi connectivity index (χ1) is 5.68. The lowest BCUT2D eigenvalue weighted by Crippen LogP contribution is -2.13. The van der Waals surface area contributed by atoms with Crippen molar-refractivity contribution in [3.63, 3.8) is 0 Å². The van der Waals surface area contributed by atoms with E-state index < -0.39 is 0 Å². The Morgan fingerprint density at radius 2 is 2.50 bits per heavy atom. The molecule has 1 heterocycles. The van der Waals surface area contributed by atoms with Crippen LogP contribution in [0.25, 0.3) is 0 Å². The van der Waals surface area contributed by atoms with Crippen LogP contribution in [-0.2, 0) is 4.74 Å². The van der Waals surface area contributed by atoms with Gasteiger partial charge in [0.25, 0.3) is 0 Å². The van der Waals surface area contributed by atoms with Gasteiger partial charge >= 0.3 is 0 Å². The third-order valence-corrected chi connectivity index (χ3v) is 2.22. The number of hydrogen-bond donors (Lipinski definition) is 0. The predicted molar refractivity (Wildman–Crippen MR) is 51.9 cm³/mol. The molecule has 0 saturated carbocycles. The van der Waals surface area contributed by atoms with Crippen LogP contribution in [0.5, 0.6) is 0 Å². The smallest absolute Gasteiger partial charge is 0.0984 e. The van der Waals surface area contributed by atoms with E-state index in [0.717, 1.165) is 12.8 Å². The predicted octanol–water partition coefficient (Wildman–Crippen LogP) is 3.43. The zero-order chi connectivity index (χ0) is 8.97. The van der Waals surface area contributed by atoms with Gasteiger partial charge in [0.15, 0.2) is 0 Å². The second-order valence-corrected chi connectivity index (χ2v) is 3.76. The minimum Gasteiger partial charge on any atom is -0.498 e. The molecule has 1 nitrogen and oxygen atoms in total. The lowest BCUT2D eigenvalue weighted by molar-refractivity contribution is 0.112. The van der Waals surface area contributed by atoms with Crippen molar-refractivity contribution in [1.82, 2.24) is 0 Å². The van der Waals surface area contributed by atoms with Gasteiger partial charge in [-0.2, -0.15) is 0 Å². The summed E-state index contributed by atoms with van der Waals surface area (Å²) >= 11 is 0. The van der Waals surface area contributed by atoms with Crippen LogP contribution in [0.4, 0.5) is 0 Å². The molecular weight excluding hydrogens is 148 g/mol. The maximum absolute atomic E-state index is 5.54. The molecular formula is C11H18O. The molecule has 0 fully saturated rings. The molecule has 1 atom stereocenters. The summed E-state index contributed by atoms with van der Waals surface area (Å²) in [6.07, 6.45) is 6.94. The molecule has 12 heavy (non-hydrogen) atoms. The molecule has 0 aromatic rings. The van der Waals surface area contributed by atoms with Crippen LogP contribution >= 0.6 is 0 Å². The molecule has 0 amide bonds. The molecule has 0 aromatic carbocycles. The minimum absolute atomic E-state index is 0.436. The van der Waals surface area contributed by atoms with Crippen LogP contribution in [0, 0.1) is 0 Å². The molecule has 1 aliphatic heterocycles. The van der Waals surface area contributed by atoms with Gasteiger partial charge < -0.3 is 4.74 Å². The van der Waals surface area contributed by atoms with Crippen LogP contribution in [0.3, 0.4) is 0 Å². The lowest BCUT2D eigenvalue weighted by Gasteiger charge is -2.21. The van der Waals surface area contributed by atoms with E-state index in [-0.39, 0.29) is 0 Å². The molecule has 0 aromatic heterocycles. The van der Waals surface area contributed by atoms with Gasteiger partial charge in [0.2, 0.25) is 0 Å². The number of allylic oxidation sites excluding steroid dienone is 2. The Labute approximate surface area is 75.1 Å². The Hall–Kier alpha value is -0.720. The molecule has 0 N–H and O–H groups in total. The number of ether oxygens (including phenoxy) is 1. The van der Waals surface area contributed by atoms with Crippen molar-refractivity contribution in [3.05, 3.63) is 24.0 Å². The number of rotatable bonds is 3. The summed E-state index contributed by atoms with van der Waals surface area (Å²) in [5.74, 6) is 0. The molecule has 1 rings (SSSR count). The first-order valence-corrected chi connectivity index (χ1v) is 4.64. The van der Waals surface area contributed by atoms with Crippen LogP contribution < -0.4 is 0 Å². The summed E-state index contributed by atoms with van der Waals surface area (Å²) in [6, 6.07) is 0. The van der Waals surface area contributed by atoms with Crippen LogP contribution in [0.15, 0.2) is 24.0 Å². The molecule has 0 bridgehead atoms. The topological polar surface area (TPSA) is 9.23 Å². The third-order valence-electron chi connectivity index (χ3n) is 2.22. The Morgan fingerprint density at radius 1 is 1.75 bits per heavy atom. The quantitative estimate of drug-likeness (QED) is 0.584. The van der Waals surface area contributed by atoms with E-state index in [1.165, 1.54) is 24.0 Å². The average molecular weight is 166 g/mol. The summed E-state index contributed by atoms with van der Waals surface area (Å²) < 4.78 is 5.54. The highest BCUT2D eigenvalue weighted by Gasteiger charge is 2.12. The van der Waals surface area contributed by atoms with E-state index in [4.69, 9.17) is 4.74 Å². The van der Waals surface area contributed by atoms with E-state index in [2.05, 4.69) is 20.4 Å². The van der Waals surface area contributed by atoms with E-state index in [1.807, 2.05) is 6.26 Å². The Balaban J connectivity index is 2.23. The standard InChI is InChI=1S/C11H18O/c1-9(2)4-6-11-7-5-10(3)8-12-11/h8,11H,1,4-7H2,2-3H3/t11-/m0/s1. The van der Waals surface area contributed by atoms with Crippen molar-refractivity contribution in [2.45, 2.75) is 45.6 Å². The van der Waals surface area contributed by atoms with E-state index in [9.17, 15) is 0 Å². The molecule has 0 saturated heterocycles. The molecule has 0 aliphatic carbocycles. The zero-order valence-corrected chi connectivity index (χ0v) is 8.10. The van der Waals surface area contributed by atoms with Crippen LogP contribution in [0.1, 0.15) is 39.5 Å². The summed E-state index contributed by atoms with van der Waals surface area (Å²) in [5, 5.41) is 0. The van der Waals surface area contributed by atoms with Crippen LogP contribution in [0.2, 0.25) is 0 Å². The van der Waals surface area contributed by atoms with Gasteiger partial charge in [0.05, 0.1) is 12.4 Å². The summed E-state index contributed by atoms with van der Waals surface area (Å²) in [5.41, 5.74) is 2.62. The number of hydrogen-bond acceptors (Lipinski definition) is 1. The van der Waals surface area contributed by atoms with Crippen molar-refractivity contribution in [2.24, 2.45) is 0 Å². The minimum atomic E-state index is 0.436. The van der Waals surface area contributed by atoms with E-state index in [1.54, 1.807) is 0 Å². The fourth-order valence-corrected chi connectivity index (χ4v) is 1.35. The fourth-order valence-electron chi connectivity index (χ4n) is 1.35. The normalized spacial score (nSPS) is 22.8. The van der Waals surface area contributed by atoms with Crippen molar-refractivity contribution >= 4 is 0 Å². The van der Waals surface area contributed by atoms with Gasteiger partial charge in [-0.15, -0.1) is 6.58 Å². The van der Waals surface area contributed by atoms with Crippen molar-refractivity contribution in [2.75, 3.05) is 0 Å². The van der Waals surface area contributed by atoms with E-state index >= 15 is 0 Å². The van der Waals surface area contributed by atoms with Gasteiger partial charge in [-0.3, -0.25) is 0 Å². The van der Waals surface area contributed by atoms with E-state index in [0.29, 0.717) is 6.10 Å². The largest absolute Gasteiger partial charge is 0.498 e. The van der Waals surface area contributed by atoms with Crippen molar-refractivity contribution in [3.8, 4) is 0 Å². The van der Waals surface area contributed by atoms with Crippen molar-refractivity contribution < 1.29 is 4.74 Å². The Morgan fingerprint density at radius 3 is 3.00 bits per heavy atom. The first kappa shape index (κ1) is 9.37. The van der Waals surface area contributed by atoms with Gasteiger partial charge in [0, 0.05) is 0 Å². The lowest BCUT2D eigenvalue weighted by atomic mass is 10.0. The monoisotopic (exact) mass is 166 g/mol. The molecule has 0 unspecified atom stereocenters. The molecule has 0 spiro atoms.